The standard InChI is InChI=1S/C13H11ClO5/c14-8-3-1-2-7(6-8)11-9(4-5-10(15)16)19-13(18)12(11)17/h1-3,6,9,17H,4-5H2,(H,15,16). The molecule has 19 heavy (non-hydrogen) atoms. The van der Waals surface area contributed by atoms with Gasteiger partial charge in [0.1, 0.15) is 6.10 Å². The quantitative estimate of drug-likeness (QED) is 0.829. The van der Waals surface area contributed by atoms with Crippen molar-refractivity contribution in [3.63, 3.8) is 0 Å². The van der Waals surface area contributed by atoms with E-state index >= 15 is 0 Å². The van der Waals surface area contributed by atoms with Crippen LogP contribution >= 0.6 is 11.6 Å². The van der Waals surface area contributed by atoms with E-state index in [1.807, 2.05) is 0 Å². The van der Waals surface area contributed by atoms with Gasteiger partial charge in [-0.2, -0.15) is 0 Å². The van der Waals surface area contributed by atoms with Gasteiger partial charge < -0.3 is 14.9 Å². The lowest BCUT2D eigenvalue weighted by Gasteiger charge is -2.12. The van der Waals surface area contributed by atoms with E-state index in [4.69, 9.17) is 21.4 Å². The molecule has 0 amide bonds. The second-order valence-electron chi connectivity index (χ2n) is 4.10. The molecule has 0 aliphatic carbocycles. The first kappa shape index (κ1) is 13.4. The van der Waals surface area contributed by atoms with Crippen LogP contribution in [0.25, 0.3) is 5.57 Å². The smallest absolute Gasteiger partial charge is 0.374 e. The molecule has 0 fully saturated rings. The third kappa shape index (κ3) is 2.88. The Bertz CT molecular complexity index is 564. The van der Waals surface area contributed by atoms with Gasteiger partial charge in [0.15, 0.2) is 0 Å². The van der Waals surface area contributed by atoms with Gasteiger partial charge >= 0.3 is 11.9 Å². The van der Waals surface area contributed by atoms with E-state index < -0.39 is 23.8 Å². The summed E-state index contributed by atoms with van der Waals surface area (Å²) in [4.78, 5) is 22.0. The zero-order valence-electron chi connectivity index (χ0n) is 9.80. The SMILES string of the molecule is O=C(O)CCC1OC(=O)C(O)=C1c1cccc(Cl)c1. The van der Waals surface area contributed by atoms with E-state index in [9.17, 15) is 14.7 Å². The van der Waals surface area contributed by atoms with E-state index in [-0.39, 0.29) is 18.4 Å². The summed E-state index contributed by atoms with van der Waals surface area (Å²) >= 11 is 5.86. The number of benzene rings is 1. The second kappa shape index (κ2) is 5.32. The highest BCUT2D eigenvalue weighted by Gasteiger charge is 2.35. The van der Waals surface area contributed by atoms with E-state index in [1.54, 1.807) is 24.3 Å². The molecule has 0 bridgehead atoms. The van der Waals surface area contributed by atoms with Crippen molar-refractivity contribution in [1.29, 1.82) is 0 Å². The van der Waals surface area contributed by atoms with Crippen LogP contribution in [0.4, 0.5) is 0 Å². The number of hydrogen-bond donors (Lipinski definition) is 2. The average molecular weight is 283 g/mol. The number of carbonyl (C=O) groups is 2. The summed E-state index contributed by atoms with van der Waals surface area (Å²) in [6.07, 6.45) is -0.815. The Morgan fingerprint density at radius 1 is 1.42 bits per heavy atom. The zero-order chi connectivity index (χ0) is 14.0. The van der Waals surface area contributed by atoms with Crippen molar-refractivity contribution < 1.29 is 24.5 Å². The van der Waals surface area contributed by atoms with Crippen LogP contribution in [-0.2, 0) is 14.3 Å². The first-order chi connectivity index (χ1) is 8.99. The molecule has 1 unspecified atom stereocenters. The number of aliphatic hydroxyl groups is 1. The Balaban J connectivity index is 2.32. The first-order valence-electron chi connectivity index (χ1n) is 5.61. The van der Waals surface area contributed by atoms with Crippen LogP contribution in [0.1, 0.15) is 18.4 Å². The largest absolute Gasteiger partial charge is 0.502 e. The van der Waals surface area contributed by atoms with Gasteiger partial charge in [0.25, 0.3) is 0 Å². The fourth-order valence-electron chi connectivity index (χ4n) is 1.94. The summed E-state index contributed by atoms with van der Waals surface area (Å²) in [5.74, 6) is -2.32. The number of ether oxygens (including phenoxy) is 1. The van der Waals surface area contributed by atoms with Crippen molar-refractivity contribution >= 4 is 29.1 Å². The molecule has 1 aliphatic rings. The average Bonchev–Trinajstić information content (AvgIpc) is 2.63. The molecule has 1 heterocycles. The summed E-state index contributed by atoms with van der Waals surface area (Å²) in [5.41, 5.74) is 0.833. The minimum Gasteiger partial charge on any atom is -0.502 e. The molecular formula is C13H11ClO5. The molecule has 2 rings (SSSR count). The first-order valence-corrected chi connectivity index (χ1v) is 5.98. The minimum atomic E-state index is -0.993. The summed E-state index contributed by atoms with van der Waals surface area (Å²) < 4.78 is 4.96. The Morgan fingerprint density at radius 2 is 2.16 bits per heavy atom. The van der Waals surface area contributed by atoms with Crippen LogP contribution in [0, 0.1) is 0 Å². The number of carbonyl (C=O) groups excluding carboxylic acids is 1. The predicted molar refractivity (Wildman–Crippen MR) is 67.8 cm³/mol. The van der Waals surface area contributed by atoms with Crippen molar-refractivity contribution in [2.24, 2.45) is 0 Å². The molecule has 0 spiro atoms. The molecule has 0 radical (unpaired) electrons. The maximum absolute atomic E-state index is 11.4. The van der Waals surface area contributed by atoms with Gasteiger partial charge in [-0.05, 0) is 24.1 Å². The lowest BCUT2D eigenvalue weighted by atomic mass is 9.97. The number of esters is 1. The number of carboxylic acid groups (broad SMARTS) is 1. The molecule has 100 valence electrons. The molecule has 6 heteroatoms. The van der Waals surface area contributed by atoms with E-state index in [2.05, 4.69) is 0 Å². The van der Waals surface area contributed by atoms with Crippen LogP contribution in [-0.4, -0.2) is 28.3 Å². The maximum Gasteiger partial charge on any atom is 0.374 e. The van der Waals surface area contributed by atoms with Gasteiger partial charge in [-0.25, -0.2) is 4.79 Å². The van der Waals surface area contributed by atoms with Crippen LogP contribution in [0.5, 0.6) is 0 Å². The van der Waals surface area contributed by atoms with Crippen molar-refractivity contribution in [2.45, 2.75) is 18.9 Å². The maximum atomic E-state index is 11.4. The number of rotatable bonds is 4. The normalized spacial score (nSPS) is 18.6. The molecule has 5 nitrogen and oxygen atoms in total. The van der Waals surface area contributed by atoms with E-state index in [0.717, 1.165) is 0 Å². The number of cyclic esters (lactones) is 1. The fourth-order valence-corrected chi connectivity index (χ4v) is 2.13. The molecule has 0 saturated carbocycles. The molecule has 1 aliphatic heterocycles. The van der Waals surface area contributed by atoms with Crippen LogP contribution in [0.2, 0.25) is 5.02 Å². The third-order valence-electron chi connectivity index (χ3n) is 2.78. The number of aliphatic hydroxyl groups excluding tert-OH is 1. The number of carboxylic acids is 1. The van der Waals surface area contributed by atoms with Gasteiger partial charge in [-0.3, -0.25) is 4.79 Å². The monoisotopic (exact) mass is 282 g/mol. The van der Waals surface area contributed by atoms with Gasteiger partial charge in [0.2, 0.25) is 5.76 Å². The molecule has 1 aromatic carbocycles. The number of halogens is 1. The zero-order valence-corrected chi connectivity index (χ0v) is 10.6. The fraction of sp³-hybridized carbons (Fsp3) is 0.231. The number of hydrogen-bond acceptors (Lipinski definition) is 4. The van der Waals surface area contributed by atoms with Gasteiger partial charge in [-0.1, -0.05) is 23.7 Å². The van der Waals surface area contributed by atoms with Crippen molar-refractivity contribution in [3.8, 4) is 0 Å². The van der Waals surface area contributed by atoms with Gasteiger partial charge in [0.05, 0.1) is 0 Å². The van der Waals surface area contributed by atoms with Gasteiger partial charge in [0, 0.05) is 17.0 Å². The van der Waals surface area contributed by atoms with E-state index in [0.29, 0.717) is 10.6 Å². The highest BCUT2D eigenvalue weighted by Crippen LogP contribution is 2.33. The Hall–Kier alpha value is -2.01. The Morgan fingerprint density at radius 3 is 2.79 bits per heavy atom. The topological polar surface area (TPSA) is 83.8 Å². The Labute approximate surface area is 114 Å². The van der Waals surface area contributed by atoms with Crippen LogP contribution < -0.4 is 0 Å². The molecule has 0 aromatic heterocycles. The molecule has 2 N–H and O–H groups in total. The second-order valence-corrected chi connectivity index (χ2v) is 4.54. The third-order valence-corrected chi connectivity index (χ3v) is 3.01. The van der Waals surface area contributed by atoms with Crippen molar-refractivity contribution in [3.05, 3.63) is 40.6 Å². The Kier molecular flexibility index (Phi) is 3.76. The van der Waals surface area contributed by atoms with E-state index in [1.165, 1.54) is 0 Å². The van der Waals surface area contributed by atoms with Crippen molar-refractivity contribution in [1.82, 2.24) is 0 Å². The molecule has 1 atom stereocenters. The summed E-state index contributed by atoms with van der Waals surface area (Å²) in [5, 5.41) is 18.9. The van der Waals surface area contributed by atoms with Crippen LogP contribution in [0.15, 0.2) is 30.0 Å². The molecule has 1 aromatic rings. The predicted octanol–water partition coefficient (Wildman–Crippen LogP) is 2.40. The van der Waals surface area contributed by atoms with Crippen LogP contribution in [0.3, 0.4) is 0 Å². The lowest BCUT2D eigenvalue weighted by molar-refractivity contribution is -0.144. The summed E-state index contributed by atoms with van der Waals surface area (Å²) in [6.45, 7) is 0. The highest BCUT2D eigenvalue weighted by molar-refractivity contribution is 6.30. The summed E-state index contributed by atoms with van der Waals surface area (Å²) in [7, 11) is 0. The molecule has 0 saturated heterocycles. The number of aliphatic carboxylic acids is 1. The highest BCUT2D eigenvalue weighted by atomic mass is 35.5. The van der Waals surface area contributed by atoms with Gasteiger partial charge in [-0.15, -0.1) is 0 Å². The molecular weight excluding hydrogens is 272 g/mol. The lowest BCUT2D eigenvalue weighted by Crippen LogP contribution is -2.13. The van der Waals surface area contributed by atoms with Crippen molar-refractivity contribution in [2.75, 3.05) is 0 Å². The summed E-state index contributed by atoms with van der Waals surface area (Å²) in [6, 6.07) is 6.59. The minimum absolute atomic E-state index is 0.104.